The standard InChI is InChI=1S/C15H21NO2.C7H5O.2CO.Fe/c1-13(17)16(15-10-6-3-7-11-15)18-12-14-8-4-2-5-9-14;8-6-7-4-2-1-3-5-7;2*1-2;/h2,4-5,8-9,15H,3,6-7,10-12H2,1H3;1-5H;;;/q;-1;;;+2. The van der Waals surface area contributed by atoms with E-state index in [-0.39, 0.29) is 29.0 Å². The van der Waals surface area contributed by atoms with Gasteiger partial charge in [0.1, 0.15) is 6.61 Å². The Morgan fingerprint density at radius 2 is 1.45 bits per heavy atom. The molecule has 0 N–H and O–H groups in total. The SMILES string of the molecule is CC(=O)N(OCc1ccccc1)C1CCCCC1.O=[C-]c1ccccc1.[C-]#[O+].[C-]#[O+].[Fe+2]. The molecule has 1 amide bonds. The van der Waals surface area contributed by atoms with Crippen LogP contribution in [0.5, 0.6) is 0 Å². The first-order chi connectivity index (χ1) is 14.7. The van der Waals surface area contributed by atoms with E-state index in [1.807, 2.05) is 36.4 Å². The van der Waals surface area contributed by atoms with E-state index in [1.54, 1.807) is 42.5 Å². The van der Waals surface area contributed by atoms with Crippen LogP contribution < -0.4 is 0 Å². The van der Waals surface area contributed by atoms with Gasteiger partial charge in [0.15, 0.2) is 0 Å². The smallest absolute Gasteiger partial charge is 2.00 e. The van der Waals surface area contributed by atoms with Crippen LogP contribution in [-0.2, 0) is 47.4 Å². The summed E-state index contributed by atoms with van der Waals surface area (Å²) < 4.78 is 15.0. The Morgan fingerprint density at radius 1 is 0.968 bits per heavy atom. The van der Waals surface area contributed by atoms with Gasteiger partial charge in [0, 0.05) is 6.92 Å². The third-order valence-electron chi connectivity index (χ3n) is 4.32. The van der Waals surface area contributed by atoms with Crippen LogP contribution in [0.25, 0.3) is 0 Å². The van der Waals surface area contributed by atoms with Crippen molar-refractivity contribution in [1.82, 2.24) is 5.06 Å². The molecular weight excluding hydrogens is 438 g/mol. The van der Waals surface area contributed by atoms with Gasteiger partial charge in [0.2, 0.25) is 5.91 Å². The molecule has 2 aromatic rings. The van der Waals surface area contributed by atoms with Crippen LogP contribution >= 0.6 is 0 Å². The van der Waals surface area contributed by atoms with Crippen molar-refractivity contribution < 1.29 is 40.8 Å². The van der Waals surface area contributed by atoms with Crippen LogP contribution in [0.15, 0.2) is 60.7 Å². The van der Waals surface area contributed by atoms with E-state index in [0.717, 1.165) is 18.4 Å². The van der Waals surface area contributed by atoms with Crippen LogP contribution in [0.1, 0.15) is 50.2 Å². The second-order valence-electron chi connectivity index (χ2n) is 6.36. The maximum Gasteiger partial charge on any atom is 2.00 e. The zero-order valence-corrected chi connectivity index (χ0v) is 18.5. The minimum Gasteiger partial charge on any atom is 2.00 e. The van der Waals surface area contributed by atoms with Crippen molar-refractivity contribution in [2.75, 3.05) is 0 Å². The van der Waals surface area contributed by atoms with E-state index in [1.165, 1.54) is 19.3 Å². The van der Waals surface area contributed by atoms with Crippen LogP contribution in [0.2, 0.25) is 0 Å². The van der Waals surface area contributed by atoms with Gasteiger partial charge in [-0.2, -0.15) is 17.7 Å². The van der Waals surface area contributed by atoms with Crippen molar-refractivity contribution in [2.24, 2.45) is 0 Å². The van der Waals surface area contributed by atoms with E-state index >= 15 is 0 Å². The van der Waals surface area contributed by atoms with E-state index in [4.69, 9.17) is 14.1 Å². The third-order valence-corrected chi connectivity index (χ3v) is 4.32. The number of carbonyl (C=O) groups excluding carboxylic acids is 2. The van der Waals surface area contributed by atoms with Crippen LogP contribution in [0.4, 0.5) is 0 Å². The van der Waals surface area contributed by atoms with Crippen molar-refractivity contribution in [3.8, 4) is 0 Å². The van der Waals surface area contributed by atoms with Gasteiger partial charge in [-0.25, -0.2) is 5.06 Å². The van der Waals surface area contributed by atoms with Crippen molar-refractivity contribution in [2.45, 2.75) is 51.7 Å². The largest absolute Gasteiger partial charge is 2.00 e. The van der Waals surface area contributed by atoms with Gasteiger partial charge in [-0.1, -0.05) is 55.7 Å². The fourth-order valence-electron chi connectivity index (χ4n) is 2.99. The minimum absolute atomic E-state index is 0. The predicted octanol–water partition coefficient (Wildman–Crippen LogP) is 4.37. The van der Waals surface area contributed by atoms with Crippen molar-refractivity contribution in [3.05, 3.63) is 85.1 Å². The quantitative estimate of drug-likeness (QED) is 0.285. The summed E-state index contributed by atoms with van der Waals surface area (Å²) in [7, 11) is 0. The molecule has 0 unspecified atom stereocenters. The van der Waals surface area contributed by atoms with Crippen molar-refractivity contribution >= 4 is 12.2 Å². The monoisotopic (exact) mass is 464 g/mol. The maximum atomic E-state index is 11.7. The Morgan fingerprint density at radius 3 is 1.87 bits per heavy atom. The third kappa shape index (κ3) is 13.5. The number of rotatable bonds is 5. The molecule has 0 radical (unpaired) electrons. The van der Waals surface area contributed by atoms with Crippen molar-refractivity contribution in [3.63, 3.8) is 0 Å². The molecule has 0 heterocycles. The number of hydroxylamine groups is 2. The molecule has 0 aromatic heterocycles. The fourth-order valence-corrected chi connectivity index (χ4v) is 2.99. The van der Waals surface area contributed by atoms with Gasteiger partial charge in [-0.05, 0) is 18.4 Å². The maximum absolute atomic E-state index is 11.7. The molecule has 0 aliphatic heterocycles. The Balaban J connectivity index is 0. The Labute approximate surface area is 194 Å². The van der Waals surface area contributed by atoms with Gasteiger partial charge >= 0.3 is 39.7 Å². The Hall–Kier alpha value is -2.46. The zero-order chi connectivity index (χ0) is 22.6. The molecule has 1 saturated carbocycles. The summed E-state index contributed by atoms with van der Waals surface area (Å²) in [5, 5.41) is 1.59. The first kappa shape index (κ1) is 30.7. The molecular formula is C24H26FeNO5+. The topological polar surface area (TPSA) is 86.4 Å². The molecule has 1 aliphatic rings. The molecule has 31 heavy (non-hydrogen) atoms. The normalized spacial score (nSPS) is 11.9. The van der Waals surface area contributed by atoms with Crippen LogP contribution in [0, 0.1) is 13.3 Å². The summed E-state index contributed by atoms with van der Waals surface area (Å²) in [5.41, 5.74) is 1.70. The molecule has 7 heteroatoms. The number of nitrogens with zero attached hydrogens (tertiary/aromatic N) is 1. The summed E-state index contributed by atoms with van der Waals surface area (Å²) in [6.45, 7) is 11.1. The predicted molar refractivity (Wildman–Crippen MR) is 110 cm³/mol. The van der Waals surface area contributed by atoms with E-state index in [2.05, 4.69) is 13.3 Å². The zero-order valence-electron chi connectivity index (χ0n) is 17.4. The summed E-state index contributed by atoms with van der Waals surface area (Å²) in [4.78, 5) is 27.3. The molecule has 3 rings (SSSR count). The van der Waals surface area contributed by atoms with Gasteiger partial charge in [-0.3, -0.25) is 9.63 Å². The van der Waals surface area contributed by atoms with Gasteiger partial charge in [0.25, 0.3) is 0 Å². The average Bonchev–Trinajstić information content (AvgIpc) is 2.84. The fraction of sp³-hybridized carbons (Fsp3) is 0.333. The summed E-state index contributed by atoms with van der Waals surface area (Å²) in [6.07, 6.45) is 7.58. The number of benzene rings is 2. The van der Waals surface area contributed by atoms with Gasteiger partial charge < -0.3 is 4.79 Å². The van der Waals surface area contributed by atoms with E-state index < -0.39 is 0 Å². The Bertz CT molecular complexity index is 738. The molecule has 1 fully saturated rings. The van der Waals surface area contributed by atoms with E-state index in [9.17, 15) is 9.59 Å². The number of carbonyl (C=O) groups is 1. The minimum atomic E-state index is 0. The molecule has 6 nitrogen and oxygen atoms in total. The van der Waals surface area contributed by atoms with Crippen LogP contribution in [-0.4, -0.2) is 23.3 Å². The number of amides is 1. The Kier molecular flexibility index (Phi) is 20.6. The van der Waals surface area contributed by atoms with Gasteiger partial charge in [0.05, 0.1) is 12.3 Å². The van der Waals surface area contributed by atoms with Gasteiger partial charge in [-0.15, -0.1) is 12.1 Å². The summed E-state index contributed by atoms with van der Waals surface area (Å²) in [6, 6.07) is 19.1. The molecule has 2 aromatic carbocycles. The second kappa shape index (κ2) is 20.8. The summed E-state index contributed by atoms with van der Waals surface area (Å²) >= 11 is 0. The first-order valence-electron chi connectivity index (χ1n) is 9.51. The molecule has 0 atom stereocenters. The average molecular weight is 464 g/mol. The van der Waals surface area contributed by atoms with Crippen molar-refractivity contribution in [1.29, 1.82) is 0 Å². The molecule has 1 aliphatic carbocycles. The van der Waals surface area contributed by atoms with Crippen LogP contribution in [0.3, 0.4) is 0 Å². The first-order valence-corrected chi connectivity index (χ1v) is 9.51. The molecule has 164 valence electrons. The molecule has 0 bridgehead atoms. The molecule has 0 saturated heterocycles. The second-order valence-corrected chi connectivity index (χ2v) is 6.36. The van der Waals surface area contributed by atoms with E-state index in [0.29, 0.717) is 12.2 Å². The molecule has 0 spiro atoms. The summed E-state index contributed by atoms with van der Waals surface area (Å²) in [5.74, 6) is 0.0119. The number of hydrogen-bond donors (Lipinski definition) is 0. The number of hydrogen-bond acceptors (Lipinski definition) is 3.